The minimum atomic E-state index is -3.67. The third-order valence-corrected chi connectivity index (χ3v) is 6.10. The molecule has 0 bridgehead atoms. The number of nitrogens with zero attached hydrogens (tertiary/aromatic N) is 1. The number of sulfonamides is 1. The van der Waals surface area contributed by atoms with Gasteiger partial charge in [0.15, 0.2) is 0 Å². The van der Waals surface area contributed by atoms with E-state index in [4.69, 9.17) is 4.74 Å². The number of benzene rings is 1. The molecular formula is C18H29N3O4S. The standard InChI is InChI=1S/C18H29N3O4S/c1-14-6-4-10-21(13-14)11-5-9-20-26(23,24)15-7-8-17(25-3)16(12-15)18(22)19-2/h7-8,12,14,20H,4-6,9-11,13H2,1-3H3,(H,19,22)/t14-/m0/s1. The zero-order valence-corrected chi connectivity index (χ0v) is 16.6. The summed E-state index contributed by atoms with van der Waals surface area (Å²) in [6, 6.07) is 4.28. The molecule has 1 heterocycles. The van der Waals surface area contributed by atoms with Gasteiger partial charge in [0.1, 0.15) is 5.75 Å². The number of methoxy groups -OCH3 is 1. The normalized spacial score (nSPS) is 18.5. The first-order chi connectivity index (χ1) is 12.4. The highest BCUT2D eigenvalue weighted by Crippen LogP contribution is 2.22. The van der Waals surface area contributed by atoms with Crippen LogP contribution in [-0.2, 0) is 10.0 Å². The zero-order chi connectivity index (χ0) is 19.2. The van der Waals surface area contributed by atoms with Crippen LogP contribution in [0.1, 0.15) is 36.5 Å². The summed E-state index contributed by atoms with van der Waals surface area (Å²) in [5.74, 6) is 0.656. The Bertz CT molecular complexity index is 721. The lowest BCUT2D eigenvalue weighted by molar-refractivity contribution is 0.0960. The monoisotopic (exact) mass is 383 g/mol. The van der Waals surface area contributed by atoms with E-state index in [1.807, 2.05) is 0 Å². The smallest absolute Gasteiger partial charge is 0.254 e. The molecule has 8 heteroatoms. The molecule has 2 rings (SSSR count). The van der Waals surface area contributed by atoms with E-state index in [0.717, 1.165) is 26.1 Å². The quantitative estimate of drug-likeness (QED) is 0.664. The van der Waals surface area contributed by atoms with E-state index >= 15 is 0 Å². The molecule has 1 aromatic carbocycles. The van der Waals surface area contributed by atoms with E-state index in [1.54, 1.807) is 0 Å². The lowest BCUT2D eigenvalue weighted by Gasteiger charge is -2.30. The number of carbonyl (C=O) groups excluding carboxylic acids is 1. The Hall–Kier alpha value is -1.64. The minimum absolute atomic E-state index is 0.0588. The van der Waals surface area contributed by atoms with Gasteiger partial charge in [0.05, 0.1) is 17.6 Å². The average molecular weight is 384 g/mol. The lowest BCUT2D eigenvalue weighted by Crippen LogP contribution is -2.36. The molecule has 0 unspecified atom stereocenters. The Morgan fingerprint density at radius 1 is 1.38 bits per heavy atom. The van der Waals surface area contributed by atoms with E-state index in [2.05, 4.69) is 21.9 Å². The maximum absolute atomic E-state index is 12.5. The van der Waals surface area contributed by atoms with E-state index in [9.17, 15) is 13.2 Å². The molecule has 0 spiro atoms. The highest BCUT2D eigenvalue weighted by Gasteiger charge is 2.20. The number of hydrogen-bond acceptors (Lipinski definition) is 5. The molecule has 0 aliphatic carbocycles. The minimum Gasteiger partial charge on any atom is -0.496 e. The summed E-state index contributed by atoms with van der Waals surface area (Å²) in [6.45, 7) is 5.68. The molecule has 1 aliphatic heterocycles. The fourth-order valence-corrected chi connectivity index (χ4v) is 4.35. The van der Waals surface area contributed by atoms with E-state index < -0.39 is 15.9 Å². The molecule has 7 nitrogen and oxygen atoms in total. The Kier molecular flexibility index (Phi) is 7.43. The molecule has 1 saturated heterocycles. The summed E-state index contributed by atoms with van der Waals surface area (Å²) in [7, 11) is -0.738. The number of piperidine rings is 1. The van der Waals surface area contributed by atoms with Gasteiger partial charge in [-0.1, -0.05) is 6.92 Å². The number of rotatable bonds is 8. The van der Waals surface area contributed by atoms with Crippen molar-refractivity contribution < 1.29 is 17.9 Å². The highest BCUT2D eigenvalue weighted by atomic mass is 32.2. The lowest BCUT2D eigenvalue weighted by atomic mass is 10.0. The molecule has 1 aromatic rings. The van der Waals surface area contributed by atoms with Crippen LogP contribution in [0.25, 0.3) is 0 Å². The fraction of sp³-hybridized carbons (Fsp3) is 0.611. The summed E-state index contributed by atoms with van der Waals surface area (Å²) in [5.41, 5.74) is 0.195. The third kappa shape index (κ3) is 5.43. The number of carbonyl (C=O) groups is 1. The van der Waals surface area contributed by atoms with Gasteiger partial charge in [-0.05, 0) is 56.5 Å². The molecule has 0 saturated carbocycles. The van der Waals surface area contributed by atoms with Crippen molar-refractivity contribution >= 4 is 15.9 Å². The van der Waals surface area contributed by atoms with Crippen molar-refractivity contribution in [1.82, 2.24) is 14.9 Å². The van der Waals surface area contributed by atoms with Crippen molar-refractivity contribution in [3.8, 4) is 5.75 Å². The zero-order valence-electron chi connectivity index (χ0n) is 15.7. The SMILES string of the molecule is CNC(=O)c1cc(S(=O)(=O)NCCCN2CCC[C@H](C)C2)ccc1OC. The second kappa shape index (κ2) is 9.34. The van der Waals surface area contributed by atoms with Gasteiger partial charge in [-0.15, -0.1) is 0 Å². The molecule has 1 atom stereocenters. The van der Waals surface area contributed by atoms with Crippen molar-refractivity contribution in [2.75, 3.05) is 40.3 Å². The van der Waals surface area contributed by atoms with Crippen LogP contribution in [-0.4, -0.2) is 59.6 Å². The molecule has 0 radical (unpaired) electrons. The molecular weight excluding hydrogens is 354 g/mol. The van der Waals surface area contributed by atoms with Crippen molar-refractivity contribution in [2.24, 2.45) is 5.92 Å². The van der Waals surface area contributed by atoms with Crippen LogP contribution in [0.4, 0.5) is 0 Å². The third-order valence-electron chi connectivity index (χ3n) is 4.64. The Labute approximate surface area is 156 Å². The maximum Gasteiger partial charge on any atom is 0.254 e. The van der Waals surface area contributed by atoms with Crippen LogP contribution in [0.3, 0.4) is 0 Å². The first-order valence-corrected chi connectivity index (χ1v) is 10.5. The van der Waals surface area contributed by atoms with Crippen molar-refractivity contribution in [3.05, 3.63) is 23.8 Å². The molecule has 1 aliphatic rings. The second-order valence-corrected chi connectivity index (χ2v) is 8.51. The van der Waals surface area contributed by atoms with Gasteiger partial charge < -0.3 is 15.0 Å². The van der Waals surface area contributed by atoms with Gasteiger partial charge >= 0.3 is 0 Å². The predicted molar refractivity (Wildman–Crippen MR) is 101 cm³/mol. The average Bonchev–Trinajstić information content (AvgIpc) is 2.64. The summed E-state index contributed by atoms with van der Waals surface area (Å²) in [6.07, 6.45) is 3.24. The Balaban J connectivity index is 1.95. The summed E-state index contributed by atoms with van der Waals surface area (Å²) >= 11 is 0. The van der Waals surface area contributed by atoms with Crippen LogP contribution in [0.2, 0.25) is 0 Å². The van der Waals surface area contributed by atoms with Crippen LogP contribution in [0.5, 0.6) is 5.75 Å². The molecule has 0 aromatic heterocycles. The van der Waals surface area contributed by atoms with Crippen LogP contribution in [0, 0.1) is 5.92 Å². The number of ether oxygens (including phenoxy) is 1. The van der Waals surface area contributed by atoms with Gasteiger partial charge in [0.2, 0.25) is 10.0 Å². The highest BCUT2D eigenvalue weighted by molar-refractivity contribution is 7.89. The molecule has 1 fully saturated rings. The first kappa shape index (κ1) is 20.7. The number of hydrogen-bond donors (Lipinski definition) is 2. The number of likely N-dealkylation sites (tertiary alicyclic amines) is 1. The topological polar surface area (TPSA) is 87.7 Å². The van der Waals surface area contributed by atoms with Crippen LogP contribution >= 0.6 is 0 Å². The summed E-state index contributed by atoms with van der Waals surface area (Å²) in [5, 5.41) is 2.49. The van der Waals surface area contributed by atoms with Gasteiger partial charge in [-0.25, -0.2) is 13.1 Å². The maximum atomic E-state index is 12.5. The van der Waals surface area contributed by atoms with E-state index in [0.29, 0.717) is 18.2 Å². The van der Waals surface area contributed by atoms with Gasteiger partial charge in [0.25, 0.3) is 5.91 Å². The molecule has 1 amide bonds. The molecule has 146 valence electrons. The van der Waals surface area contributed by atoms with E-state index in [1.165, 1.54) is 45.2 Å². The summed E-state index contributed by atoms with van der Waals surface area (Å²) < 4.78 is 32.8. The number of nitrogens with one attached hydrogen (secondary N) is 2. The van der Waals surface area contributed by atoms with Crippen molar-refractivity contribution in [2.45, 2.75) is 31.1 Å². The Morgan fingerprint density at radius 3 is 2.81 bits per heavy atom. The van der Waals surface area contributed by atoms with E-state index in [-0.39, 0.29) is 10.5 Å². The van der Waals surface area contributed by atoms with Gasteiger partial charge in [-0.3, -0.25) is 4.79 Å². The predicted octanol–water partition coefficient (Wildman–Crippen LogP) is 1.46. The van der Waals surface area contributed by atoms with Gasteiger partial charge in [-0.2, -0.15) is 0 Å². The largest absolute Gasteiger partial charge is 0.496 e. The Morgan fingerprint density at radius 2 is 2.15 bits per heavy atom. The molecule has 26 heavy (non-hydrogen) atoms. The molecule has 2 N–H and O–H groups in total. The summed E-state index contributed by atoms with van der Waals surface area (Å²) in [4.78, 5) is 14.4. The second-order valence-electron chi connectivity index (χ2n) is 6.74. The van der Waals surface area contributed by atoms with Crippen molar-refractivity contribution in [1.29, 1.82) is 0 Å². The number of amides is 1. The first-order valence-electron chi connectivity index (χ1n) is 8.99. The fourth-order valence-electron chi connectivity index (χ4n) is 3.25. The van der Waals surface area contributed by atoms with Crippen molar-refractivity contribution in [3.63, 3.8) is 0 Å². The van der Waals surface area contributed by atoms with Gasteiger partial charge in [0, 0.05) is 20.1 Å². The van der Waals surface area contributed by atoms with Crippen LogP contribution < -0.4 is 14.8 Å². The van der Waals surface area contributed by atoms with Crippen LogP contribution in [0.15, 0.2) is 23.1 Å².